The SMILES string of the molecule is O=C(NCCCc1nc2c(s1)CCCC2)c1ccn(-c2ccc([N+](=O)[O-])cc2)n1. The lowest BCUT2D eigenvalue weighted by molar-refractivity contribution is -0.384. The van der Waals surface area contributed by atoms with Crippen LogP contribution in [0.2, 0.25) is 0 Å². The number of thiazole rings is 1. The van der Waals surface area contributed by atoms with E-state index in [0.29, 0.717) is 17.9 Å². The van der Waals surface area contributed by atoms with E-state index < -0.39 is 4.92 Å². The lowest BCUT2D eigenvalue weighted by atomic mass is 10.0. The molecule has 1 aliphatic rings. The number of nitrogens with zero attached hydrogens (tertiary/aromatic N) is 4. The number of carbonyl (C=O) groups excluding carboxylic acids is 1. The van der Waals surface area contributed by atoms with E-state index in [9.17, 15) is 14.9 Å². The van der Waals surface area contributed by atoms with Crippen LogP contribution in [0.5, 0.6) is 0 Å². The summed E-state index contributed by atoms with van der Waals surface area (Å²) in [6, 6.07) is 7.65. The molecule has 29 heavy (non-hydrogen) atoms. The highest BCUT2D eigenvalue weighted by atomic mass is 32.1. The summed E-state index contributed by atoms with van der Waals surface area (Å²) < 4.78 is 1.53. The molecule has 0 spiro atoms. The highest BCUT2D eigenvalue weighted by Crippen LogP contribution is 2.27. The van der Waals surface area contributed by atoms with Gasteiger partial charge in [0.1, 0.15) is 0 Å². The number of benzene rings is 1. The molecule has 0 bridgehead atoms. The smallest absolute Gasteiger partial charge is 0.271 e. The van der Waals surface area contributed by atoms with Crippen molar-refractivity contribution in [3.8, 4) is 5.69 Å². The van der Waals surface area contributed by atoms with E-state index in [1.807, 2.05) is 11.3 Å². The first-order valence-electron chi connectivity index (χ1n) is 9.66. The third kappa shape index (κ3) is 4.51. The molecule has 0 radical (unpaired) electrons. The number of rotatable bonds is 7. The Morgan fingerprint density at radius 2 is 2.00 bits per heavy atom. The van der Waals surface area contributed by atoms with Gasteiger partial charge in [0.2, 0.25) is 0 Å². The number of nitro benzene ring substituents is 1. The predicted octanol–water partition coefficient (Wildman–Crippen LogP) is 3.48. The summed E-state index contributed by atoms with van der Waals surface area (Å²) >= 11 is 1.81. The fourth-order valence-electron chi connectivity index (χ4n) is 3.36. The van der Waals surface area contributed by atoms with Crippen molar-refractivity contribution in [2.45, 2.75) is 38.5 Å². The zero-order valence-electron chi connectivity index (χ0n) is 15.8. The van der Waals surface area contributed by atoms with Gasteiger partial charge in [0.05, 0.1) is 21.3 Å². The zero-order valence-corrected chi connectivity index (χ0v) is 16.7. The normalized spacial score (nSPS) is 13.1. The quantitative estimate of drug-likeness (QED) is 0.364. The summed E-state index contributed by atoms with van der Waals surface area (Å²) in [7, 11) is 0. The minimum atomic E-state index is -0.452. The van der Waals surface area contributed by atoms with Crippen molar-refractivity contribution in [2.24, 2.45) is 0 Å². The fraction of sp³-hybridized carbons (Fsp3) is 0.350. The third-order valence-corrected chi connectivity index (χ3v) is 6.11. The lowest BCUT2D eigenvalue weighted by Crippen LogP contribution is -2.25. The Hall–Kier alpha value is -3.07. The largest absolute Gasteiger partial charge is 0.351 e. The number of aryl methyl sites for hydroxylation is 3. The summed E-state index contributed by atoms with van der Waals surface area (Å²) in [5.74, 6) is -0.232. The third-order valence-electron chi connectivity index (χ3n) is 4.89. The van der Waals surface area contributed by atoms with Gasteiger partial charge in [0, 0.05) is 36.2 Å². The number of nitro groups is 1. The molecule has 0 aliphatic heterocycles. The summed E-state index contributed by atoms with van der Waals surface area (Å²) in [4.78, 5) is 28.8. The van der Waals surface area contributed by atoms with E-state index in [4.69, 9.17) is 4.98 Å². The van der Waals surface area contributed by atoms with Crippen LogP contribution >= 0.6 is 11.3 Å². The Labute approximate surface area is 171 Å². The van der Waals surface area contributed by atoms with Gasteiger partial charge in [-0.1, -0.05) is 0 Å². The Morgan fingerprint density at radius 3 is 2.76 bits per heavy atom. The molecule has 1 amide bonds. The summed E-state index contributed by atoms with van der Waals surface area (Å²) in [6.07, 6.45) is 8.11. The van der Waals surface area contributed by atoms with Gasteiger partial charge >= 0.3 is 0 Å². The van der Waals surface area contributed by atoms with Crippen LogP contribution in [-0.2, 0) is 19.3 Å². The predicted molar refractivity (Wildman–Crippen MR) is 110 cm³/mol. The number of non-ortho nitro benzene ring substituents is 1. The fourth-order valence-corrected chi connectivity index (χ4v) is 4.56. The van der Waals surface area contributed by atoms with Crippen molar-refractivity contribution in [3.05, 3.63) is 67.9 Å². The molecule has 0 saturated heterocycles. The minimum absolute atomic E-state index is 0.0138. The number of aromatic nitrogens is 3. The van der Waals surface area contributed by atoms with Gasteiger partial charge in [-0.05, 0) is 50.3 Å². The van der Waals surface area contributed by atoms with Crippen molar-refractivity contribution < 1.29 is 9.72 Å². The van der Waals surface area contributed by atoms with Crippen molar-refractivity contribution in [3.63, 3.8) is 0 Å². The first kappa shape index (κ1) is 19.3. The van der Waals surface area contributed by atoms with E-state index in [0.717, 1.165) is 30.7 Å². The molecule has 4 rings (SSSR count). The first-order chi connectivity index (χ1) is 14.1. The molecule has 2 heterocycles. The number of amides is 1. The standard InChI is InChI=1S/C20H21N5O3S/c26-20(21-12-3-6-19-22-16-4-1-2-5-18(16)29-19)17-11-13-24(23-17)14-7-9-15(10-8-14)25(27)28/h7-11,13H,1-6,12H2,(H,21,26). The number of hydrogen-bond donors (Lipinski definition) is 1. The molecule has 0 atom stereocenters. The Bertz CT molecular complexity index is 1000. The first-order valence-corrected chi connectivity index (χ1v) is 10.5. The van der Waals surface area contributed by atoms with E-state index >= 15 is 0 Å². The molecule has 150 valence electrons. The van der Waals surface area contributed by atoms with Gasteiger partial charge in [0.15, 0.2) is 5.69 Å². The number of nitrogens with one attached hydrogen (secondary N) is 1. The topological polar surface area (TPSA) is 103 Å². The lowest BCUT2D eigenvalue weighted by Gasteiger charge is -2.06. The molecule has 3 aromatic rings. The molecular weight excluding hydrogens is 390 g/mol. The number of carbonyl (C=O) groups is 1. The minimum Gasteiger partial charge on any atom is -0.351 e. The molecule has 1 aromatic carbocycles. The van der Waals surface area contributed by atoms with Crippen LogP contribution in [0, 0.1) is 10.1 Å². The Balaban J connectivity index is 1.28. The molecule has 0 unspecified atom stereocenters. The second-order valence-electron chi connectivity index (χ2n) is 6.96. The van der Waals surface area contributed by atoms with Crippen molar-refractivity contribution in [2.75, 3.05) is 6.54 Å². The molecule has 9 heteroatoms. The van der Waals surface area contributed by atoms with Gasteiger partial charge in [-0.2, -0.15) is 5.10 Å². The van der Waals surface area contributed by atoms with Gasteiger partial charge in [-0.25, -0.2) is 9.67 Å². The van der Waals surface area contributed by atoms with Crippen LogP contribution in [0.3, 0.4) is 0 Å². The summed E-state index contributed by atoms with van der Waals surface area (Å²) in [6.45, 7) is 0.563. The van der Waals surface area contributed by atoms with E-state index in [1.165, 1.54) is 40.2 Å². The Kier molecular flexibility index (Phi) is 5.66. The molecule has 0 fully saturated rings. The highest BCUT2D eigenvalue weighted by molar-refractivity contribution is 7.11. The van der Waals surface area contributed by atoms with Crippen LogP contribution in [0.15, 0.2) is 36.5 Å². The second kappa shape index (κ2) is 8.52. The monoisotopic (exact) mass is 411 g/mol. The van der Waals surface area contributed by atoms with Gasteiger partial charge in [0.25, 0.3) is 11.6 Å². The zero-order chi connectivity index (χ0) is 20.2. The Morgan fingerprint density at radius 1 is 1.21 bits per heavy atom. The van der Waals surface area contributed by atoms with Crippen molar-refractivity contribution in [1.29, 1.82) is 0 Å². The maximum absolute atomic E-state index is 12.3. The van der Waals surface area contributed by atoms with E-state index in [-0.39, 0.29) is 11.6 Å². The number of fused-ring (bicyclic) bond motifs is 1. The molecule has 0 saturated carbocycles. The van der Waals surface area contributed by atoms with E-state index in [1.54, 1.807) is 24.4 Å². The van der Waals surface area contributed by atoms with Gasteiger partial charge < -0.3 is 5.32 Å². The highest BCUT2D eigenvalue weighted by Gasteiger charge is 2.15. The average Bonchev–Trinajstić information content (AvgIpc) is 3.38. The van der Waals surface area contributed by atoms with Crippen LogP contribution in [0.25, 0.3) is 5.69 Å². The summed E-state index contributed by atoms with van der Waals surface area (Å²) in [5, 5.41) is 19.0. The van der Waals surface area contributed by atoms with Gasteiger partial charge in [-0.3, -0.25) is 14.9 Å². The van der Waals surface area contributed by atoms with Crippen LogP contribution in [0.1, 0.15) is 45.3 Å². The van der Waals surface area contributed by atoms with Crippen molar-refractivity contribution in [1.82, 2.24) is 20.1 Å². The average molecular weight is 411 g/mol. The van der Waals surface area contributed by atoms with Crippen LogP contribution in [0.4, 0.5) is 5.69 Å². The molecule has 8 nitrogen and oxygen atoms in total. The molecule has 1 N–H and O–H groups in total. The maximum atomic E-state index is 12.3. The van der Waals surface area contributed by atoms with E-state index in [2.05, 4.69) is 10.4 Å². The second-order valence-corrected chi connectivity index (χ2v) is 8.13. The summed E-state index contributed by atoms with van der Waals surface area (Å²) in [5.41, 5.74) is 2.26. The van der Waals surface area contributed by atoms with Crippen LogP contribution < -0.4 is 5.32 Å². The molecule has 2 aromatic heterocycles. The molecular formula is C20H21N5O3S. The maximum Gasteiger partial charge on any atom is 0.271 e. The van der Waals surface area contributed by atoms with Crippen molar-refractivity contribution >= 4 is 22.9 Å². The number of hydrogen-bond acceptors (Lipinski definition) is 6. The van der Waals surface area contributed by atoms with Crippen LogP contribution in [-0.4, -0.2) is 32.1 Å². The molecule has 1 aliphatic carbocycles. The van der Waals surface area contributed by atoms with Gasteiger partial charge in [-0.15, -0.1) is 11.3 Å².